The molecule has 5 heteroatoms. The summed E-state index contributed by atoms with van der Waals surface area (Å²) in [5.74, 6) is -3.23. The van der Waals surface area contributed by atoms with Crippen LogP contribution in [0.4, 0.5) is 0 Å². The molecule has 3 fully saturated rings. The van der Waals surface area contributed by atoms with E-state index in [9.17, 15) is 19.2 Å². The molecule has 0 N–H and O–H groups in total. The van der Waals surface area contributed by atoms with Crippen LogP contribution in [0.15, 0.2) is 0 Å². The Kier molecular flexibility index (Phi) is 1.37. The van der Waals surface area contributed by atoms with Crippen LogP contribution in [0, 0.1) is 22.7 Å². The lowest BCUT2D eigenvalue weighted by Crippen LogP contribution is -2.65. The summed E-state index contributed by atoms with van der Waals surface area (Å²) in [5.41, 5.74) is -2.11. The average molecular weight is 222 g/mol. The zero-order chi connectivity index (χ0) is 11.9. The van der Waals surface area contributed by atoms with Gasteiger partial charge >= 0.3 is 11.9 Å². The van der Waals surface area contributed by atoms with E-state index >= 15 is 0 Å². The van der Waals surface area contributed by atoms with Crippen molar-refractivity contribution in [3.8, 4) is 0 Å². The largest absolute Gasteiger partial charge is 0.392 e. The van der Waals surface area contributed by atoms with E-state index in [-0.39, 0.29) is 18.0 Å². The van der Waals surface area contributed by atoms with Crippen molar-refractivity contribution in [2.24, 2.45) is 22.7 Å². The van der Waals surface area contributed by atoms with Gasteiger partial charge in [0.15, 0.2) is 0 Å². The van der Waals surface area contributed by atoms with E-state index in [1.54, 1.807) is 13.8 Å². The molecule has 1 aliphatic heterocycles. The minimum absolute atomic E-state index is 0.159. The number of hydrogen-bond donors (Lipinski definition) is 0. The minimum atomic E-state index is -1.10. The van der Waals surface area contributed by atoms with Crippen LogP contribution in [0.25, 0.3) is 0 Å². The van der Waals surface area contributed by atoms with Gasteiger partial charge in [-0.05, 0) is 6.92 Å². The van der Waals surface area contributed by atoms with E-state index in [1.807, 2.05) is 0 Å². The van der Waals surface area contributed by atoms with E-state index in [2.05, 4.69) is 4.74 Å². The Morgan fingerprint density at radius 1 is 1.06 bits per heavy atom. The van der Waals surface area contributed by atoms with Crippen molar-refractivity contribution in [1.29, 1.82) is 0 Å². The molecule has 2 saturated carbocycles. The Morgan fingerprint density at radius 3 is 2.31 bits per heavy atom. The van der Waals surface area contributed by atoms with Crippen molar-refractivity contribution in [3.63, 3.8) is 0 Å². The van der Waals surface area contributed by atoms with Crippen LogP contribution < -0.4 is 0 Å². The first-order valence-electron chi connectivity index (χ1n) is 5.16. The highest BCUT2D eigenvalue weighted by Crippen LogP contribution is 2.70. The van der Waals surface area contributed by atoms with Gasteiger partial charge in [-0.2, -0.15) is 0 Å². The molecule has 0 aromatic heterocycles. The van der Waals surface area contributed by atoms with E-state index < -0.39 is 34.6 Å². The van der Waals surface area contributed by atoms with Gasteiger partial charge in [-0.3, -0.25) is 19.2 Å². The first-order valence-corrected chi connectivity index (χ1v) is 5.16. The highest BCUT2D eigenvalue weighted by molar-refractivity contribution is 6.20. The summed E-state index contributed by atoms with van der Waals surface area (Å²) in [4.78, 5) is 46.6. The topological polar surface area (TPSA) is 77.5 Å². The van der Waals surface area contributed by atoms with Gasteiger partial charge in [-0.15, -0.1) is 0 Å². The lowest BCUT2D eigenvalue weighted by molar-refractivity contribution is -0.179. The summed E-state index contributed by atoms with van der Waals surface area (Å²) >= 11 is 0. The normalized spacial score (nSPS) is 49.9. The first-order chi connectivity index (χ1) is 7.34. The molecule has 0 spiro atoms. The summed E-state index contributed by atoms with van der Waals surface area (Å²) in [6, 6.07) is 0. The third-order valence-electron chi connectivity index (χ3n) is 4.53. The maximum atomic E-state index is 11.8. The van der Waals surface area contributed by atoms with Crippen molar-refractivity contribution in [2.75, 3.05) is 0 Å². The Hall–Kier alpha value is -1.52. The van der Waals surface area contributed by atoms with Crippen LogP contribution in [0.5, 0.6) is 0 Å². The SMILES string of the molecule is CC12C(=O)CC(=O)C1C1(C)C(=O)OC(=O)C21. The van der Waals surface area contributed by atoms with Crippen molar-refractivity contribution in [2.45, 2.75) is 20.3 Å². The summed E-state index contributed by atoms with van der Waals surface area (Å²) in [7, 11) is 0. The second-order valence-corrected chi connectivity index (χ2v) is 5.21. The molecule has 4 atom stereocenters. The third kappa shape index (κ3) is 0.645. The molecule has 0 radical (unpaired) electrons. The minimum Gasteiger partial charge on any atom is -0.392 e. The Bertz CT molecular complexity index is 423. The Balaban J connectivity index is 2.20. The smallest absolute Gasteiger partial charge is 0.321 e. The number of esters is 2. The number of rotatable bonds is 0. The standard InChI is InChI=1S/C11H10O5/c1-10-5(13)3-4(12)6(10)11(2)7(10)8(14)16-9(11)15/h6-7H,3H2,1-2H3. The number of fused-ring (bicyclic) bond motifs is 4. The maximum absolute atomic E-state index is 11.8. The molecule has 3 aliphatic rings. The van der Waals surface area contributed by atoms with Gasteiger partial charge in [-0.25, -0.2) is 0 Å². The number of carbonyl (C=O) groups is 4. The molecule has 5 nitrogen and oxygen atoms in total. The predicted octanol–water partition coefficient (Wildman–Crippen LogP) is -0.130. The zero-order valence-electron chi connectivity index (χ0n) is 8.90. The summed E-state index contributed by atoms with van der Waals surface area (Å²) in [6.07, 6.45) is -0.159. The quantitative estimate of drug-likeness (QED) is 0.421. The van der Waals surface area contributed by atoms with Crippen molar-refractivity contribution in [1.82, 2.24) is 0 Å². The van der Waals surface area contributed by atoms with Gasteiger partial charge in [0.05, 0.1) is 23.2 Å². The highest BCUT2D eigenvalue weighted by atomic mass is 16.6. The van der Waals surface area contributed by atoms with Crippen LogP contribution in [0.3, 0.4) is 0 Å². The van der Waals surface area contributed by atoms with Gasteiger partial charge in [0.1, 0.15) is 11.6 Å². The molecule has 0 aromatic carbocycles. The van der Waals surface area contributed by atoms with Gasteiger partial charge in [-0.1, -0.05) is 6.92 Å². The first kappa shape index (κ1) is 9.69. The Labute approximate surface area is 91.1 Å². The molecular weight excluding hydrogens is 212 g/mol. The van der Waals surface area contributed by atoms with Gasteiger partial charge < -0.3 is 4.74 Å². The number of carbonyl (C=O) groups excluding carboxylic acids is 4. The third-order valence-corrected chi connectivity index (χ3v) is 4.53. The molecule has 84 valence electrons. The molecule has 2 aliphatic carbocycles. The molecule has 1 heterocycles. The lowest BCUT2D eigenvalue weighted by atomic mass is 9.41. The molecule has 1 saturated heterocycles. The van der Waals surface area contributed by atoms with Crippen LogP contribution in [-0.4, -0.2) is 23.5 Å². The summed E-state index contributed by atoms with van der Waals surface area (Å²) < 4.78 is 4.57. The van der Waals surface area contributed by atoms with Gasteiger partial charge in [0.25, 0.3) is 0 Å². The van der Waals surface area contributed by atoms with E-state index in [1.165, 1.54) is 0 Å². The van der Waals surface area contributed by atoms with E-state index in [4.69, 9.17) is 0 Å². The summed E-state index contributed by atoms with van der Waals surface area (Å²) in [6.45, 7) is 3.14. The van der Waals surface area contributed by atoms with Crippen molar-refractivity contribution in [3.05, 3.63) is 0 Å². The number of ketones is 2. The Morgan fingerprint density at radius 2 is 1.69 bits per heavy atom. The number of cyclic esters (lactones) is 2. The number of hydrogen-bond acceptors (Lipinski definition) is 5. The summed E-state index contributed by atoms with van der Waals surface area (Å²) in [5, 5.41) is 0. The monoisotopic (exact) mass is 222 g/mol. The fourth-order valence-corrected chi connectivity index (χ4v) is 3.91. The van der Waals surface area contributed by atoms with Crippen LogP contribution in [0.1, 0.15) is 20.3 Å². The fourth-order valence-electron chi connectivity index (χ4n) is 3.91. The predicted molar refractivity (Wildman–Crippen MR) is 48.9 cm³/mol. The van der Waals surface area contributed by atoms with Crippen LogP contribution in [-0.2, 0) is 23.9 Å². The molecule has 3 rings (SSSR count). The number of ether oxygens (including phenoxy) is 1. The molecule has 16 heavy (non-hydrogen) atoms. The van der Waals surface area contributed by atoms with Crippen LogP contribution >= 0.6 is 0 Å². The van der Waals surface area contributed by atoms with Gasteiger partial charge in [0.2, 0.25) is 0 Å². The fraction of sp³-hybridized carbons (Fsp3) is 0.636. The zero-order valence-corrected chi connectivity index (χ0v) is 8.90. The lowest BCUT2D eigenvalue weighted by Gasteiger charge is -2.53. The van der Waals surface area contributed by atoms with E-state index in [0.29, 0.717) is 0 Å². The maximum Gasteiger partial charge on any atom is 0.321 e. The molecule has 4 unspecified atom stereocenters. The van der Waals surface area contributed by atoms with Crippen molar-refractivity contribution >= 4 is 23.5 Å². The van der Waals surface area contributed by atoms with E-state index in [0.717, 1.165) is 0 Å². The molecule has 0 aromatic rings. The van der Waals surface area contributed by atoms with Crippen LogP contribution in [0.2, 0.25) is 0 Å². The second-order valence-electron chi connectivity index (χ2n) is 5.21. The van der Waals surface area contributed by atoms with Crippen molar-refractivity contribution < 1.29 is 23.9 Å². The highest BCUT2D eigenvalue weighted by Gasteiger charge is 2.83. The average Bonchev–Trinajstić information content (AvgIpc) is 2.44. The number of Topliss-reactive ketones (excluding diaryl/α,β-unsaturated/α-hetero) is 2. The molecular formula is C11H10O5. The second kappa shape index (κ2) is 2.26. The molecule has 0 amide bonds. The molecule has 0 bridgehead atoms. The van der Waals surface area contributed by atoms with Gasteiger partial charge in [0, 0.05) is 5.92 Å².